The average molecular weight is 374 g/mol. The van der Waals surface area contributed by atoms with Gasteiger partial charge < -0.3 is 13.9 Å². The number of rotatable bonds is 7. The number of pyridine rings is 1. The van der Waals surface area contributed by atoms with E-state index in [1.807, 2.05) is 12.1 Å². The molecule has 0 atom stereocenters. The molecule has 7 nitrogen and oxygen atoms in total. The van der Waals surface area contributed by atoms with E-state index in [1.165, 1.54) is 26.4 Å². The van der Waals surface area contributed by atoms with Gasteiger partial charge in [-0.2, -0.15) is 0 Å². The summed E-state index contributed by atoms with van der Waals surface area (Å²) in [5, 5.41) is 0. The number of methoxy groups -OCH3 is 2. The van der Waals surface area contributed by atoms with Gasteiger partial charge in [-0.25, -0.2) is 13.1 Å². The quantitative estimate of drug-likeness (QED) is 0.684. The van der Waals surface area contributed by atoms with E-state index in [-0.39, 0.29) is 17.2 Å². The highest BCUT2D eigenvalue weighted by atomic mass is 32.2. The number of hydrogen-bond donors (Lipinski definition) is 1. The van der Waals surface area contributed by atoms with Crippen molar-refractivity contribution in [3.05, 3.63) is 60.6 Å². The Morgan fingerprint density at radius 1 is 1.12 bits per heavy atom. The topological polar surface area (TPSA) is 90.7 Å². The number of benzene rings is 1. The highest BCUT2D eigenvalue weighted by Gasteiger charge is 2.20. The van der Waals surface area contributed by atoms with Crippen LogP contribution < -0.4 is 14.2 Å². The van der Waals surface area contributed by atoms with E-state index < -0.39 is 10.0 Å². The first kappa shape index (κ1) is 18.0. The minimum atomic E-state index is -3.77. The fourth-order valence-corrected chi connectivity index (χ4v) is 3.58. The van der Waals surface area contributed by atoms with Crippen LogP contribution in [0.2, 0.25) is 0 Å². The zero-order valence-electron chi connectivity index (χ0n) is 14.3. The van der Waals surface area contributed by atoms with E-state index in [1.54, 1.807) is 30.8 Å². The fraction of sp³-hybridized carbons (Fsp3) is 0.167. The van der Waals surface area contributed by atoms with Crippen LogP contribution in [0.1, 0.15) is 5.56 Å². The second-order valence-corrected chi connectivity index (χ2v) is 7.14. The summed E-state index contributed by atoms with van der Waals surface area (Å²) in [4.78, 5) is 4.17. The molecule has 1 aromatic carbocycles. The molecule has 3 rings (SSSR count). The van der Waals surface area contributed by atoms with Crippen molar-refractivity contribution >= 4 is 10.0 Å². The van der Waals surface area contributed by atoms with E-state index in [0.29, 0.717) is 17.1 Å². The molecule has 0 radical (unpaired) electrons. The third-order valence-electron chi connectivity index (χ3n) is 3.73. The number of ether oxygens (including phenoxy) is 2. The summed E-state index contributed by atoms with van der Waals surface area (Å²) in [7, 11) is -0.867. The van der Waals surface area contributed by atoms with Crippen molar-refractivity contribution in [1.82, 2.24) is 9.71 Å². The Bertz CT molecular complexity index is 985. The summed E-state index contributed by atoms with van der Waals surface area (Å²) >= 11 is 0. The van der Waals surface area contributed by atoms with Gasteiger partial charge in [0.25, 0.3) is 0 Å². The molecule has 1 N–H and O–H groups in total. The molecule has 0 aliphatic heterocycles. The zero-order valence-corrected chi connectivity index (χ0v) is 15.1. The van der Waals surface area contributed by atoms with Crippen LogP contribution >= 0.6 is 0 Å². The minimum Gasteiger partial charge on any atom is -0.497 e. The summed E-state index contributed by atoms with van der Waals surface area (Å²) in [6.07, 6.45) is 4.82. The maximum absolute atomic E-state index is 12.6. The molecule has 2 aromatic heterocycles. The SMILES string of the molecule is COc1ccc(S(=O)(=O)NCc2cncc(-c3ccco3)c2)c(OC)c1. The first-order chi connectivity index (χ1) is 12.5. The predicted molar refractivity (Wildman–Crippen MR) is 95.5 cm³/mol. The van der Waals surface area contributed by atoms with Gasteiger partial charge in [0.1, 0.15) is 22.2 Å². The fourth-order valence-electron chi connectivity index (χ4n) is 2.41. The Labute approximate surface area is 151 Å². The van der Waals surface area contributed by atoms with Crippen molar-refractivity contribution in [3.63, 3.8) is 0 Å². The first-order valence-electron chi connectivity index (χ1n) is 7.73. The van der Waals surface area contributed by atoms with Crippen LogP contribution in [0.5, 0.6) is 11.5 Å². The Hall–Kier alpha value is -2.84. The molecular formula is C18H18N2O5S. The maximum Gasteiger partial charge on any atom is 0.244 e. The number of sulfonamides is 1. The second-order valence-electron chi connectivity index (χ2n) is 5.40. The van der Waals surface area contributed by atoms with Crippen molar-refractivity contribution in [3.8, 4) is 22.8 Å². The molecule has 8 heteroatoms. The van der Waals surface area contributed by atoms with Crippen LogP contribution in [0.3, 0.4) is 0 Å². The predicted octanol–water partition coefficient (Wildman–Crippen LogP) is 2.84. The smallest absolute Gasteiger partial charge is 0.244 e. The second kappa shape index (κ2) is 7.59. The third-order valence-corrected chi connectivity index (χ3v) is 5.17. The van der Waals surface area contributed by atoms with E-state index in [4.69, 9.17) is 13.9 Å². The highest BCUT2D eigenvalue weighted by Crippen LogP contribution is 2.28. The van der Waals surface area contributed by atoms with Crippen molar-refractivity contribution < 1.29 is 22.3 Å². The van der Waals surface area contributed by atoms with Gasteiger partial charge in [-0.1, -0.05) is 0 Å². The van der Waals surface area contributed by atoms with Crippen LogP contribution in [0.4, 0.5) is 0 Å². The minimum absolute atomic E-state index is 0.0379. The van der Waals surface area contributed by atoms with Gasteiger partial charge in [0.05, 0.1) is 20.5 Å². The van der Waals surface area contributed by atoms with Gasteiger partial charge in [0.15, 0.2) is 0 Å². The Morgan fingerprint density at radius 2 is 1.96 bits per heavy atom. The van der Waals surface area contributed by atoms with Gasteiger partial charge in [-0.15, -0.1) is 0 Å². The number of nitrogens with zero attached hydrogens (tertiary/aromatic N) is 1. The van der Waals surface area contributed by atoms with Crippen LogP contribution in [-0.4, -0.2) is 27.6 Å². The molecule has 0 aliphatic rings. The zero-order chi connectivity index (χ0) is 18.6. The lowest BCUT2D eigenvalue weighted by Gasteiger charge is -2.12. The third kappa shape index (κ3) is 3.87. The van der Waals surface area contributed by atoms with Crippen LogP contribution in [-0.2, 0) is 16.6 Å². The van der Waals surface area contributed by atoms with Crippen molar-refractivity contribution in [1.29, 1.82) is 0 Å². The molecular weight excluding hydrogens is 356 g/mol. The lowest BCUT2D eigenvalue weighted by Crippen LogP contribution is -2.23. The monoisotopic (exact) mass is 374 g/mol. The van der Waals surface area contributed by atoms with E-state index in [9.17, 15) is 8.42 Å². The normalized spacial score (nSPS) is 11.3. The number of furan rings is 1. The van der Waals surface area contributed by atoms with E-state index in [0.717, 1.165) is 5.56 Å². The van der Waals surface area contributed by atoms with Crippen LogP contribution in [0.25, 0.3) is 11.3 Å². The molecule has 136 valence electrons. The summed E-state index contributed by atoms with van der Waals surface area (Å²) in [5.41, 5.74) is 1.48. The summed E-state index contributed by atoms with van der Waals surface area (Å²) in [6, 6.07) is 9.94. The van der Waals surface area contributed by atoms with Crippen molar-refractivity contribution in [2.75, 3.05) is 14.2 Å². The Morgan fingerprint density at radius 3 is 2.65 bits per heavy atom. The molecule has 0 unspecified atom stereocenters. The largest absolute Gasteiger partial charge is 0.497 e. The summed E-state index contributed by atoms with van der Waals surface area (Å²) < 4.78 is 43.4. The molecule has 0 saturated carbocycles. The Kier molecular flexibility index (Phi) is 5.24. The van der Waals surface area contributed by atoms with Crippen LogP contribution in [0.15, 0.2) is 64.4 Å². The molecule has 2 heterocycles. The molecule has 0 spiro atoms. The molecule has 0 fully saturated rings. The average Bonchev–Trinajstić information content (AvgIpc) is 3.21. The molecule has 0 aliphatic carbocycles. The van der Waals surface area contributed by atoms with Gasteiger partial charge in [0, 0.05) is 30.6 Å². The van der Waals surface area contributed by atoms with Gasteiger partial charge >= 0.3 is 0 Å². The standard InChI is InChI=1S/C18H18N2O5S/c1-23-15-5-6-18(17(9-15)24-2)26(21,22)20-11-13-8-14(12-19-10-13)16-4-3-7-25-16/h3-10,12,20H,11H2,1-2H3. The number of nitrogens with one attached hydrogen (secondary N) is 1. The van der Waals surface area contributed by atoms with Gasteiger partial charge in [-0.3, -0.25) is 4.98 Å². The van der Waals surface area contributed by atoms with Crippen molar-refractivity contribution in [2.24, 2.45) is 0 Å². The first-order valence-corrected chi connectivity index (χ1v) is 9.21. The highest BCUT2D eigenvalue weighted by molar-refractivity contribution is 7.89. The van der Waals surface area contributed by atoms with Gasteiger partial charge in [0.2, 0.25) is 10.0 Å². The summed E-state index contributed by atoms with van der Waals surface area (Å²) in [5.74, 6) is 1.38. The summed E-state index contributed by atoms with van der Waals surface area (Å²) in [6.45, 7) is 0.0824. The molecule has 0 saturated heterocycles. The Balaban J connectivity index is 1.80. The van der Waals surface area contributed by atoms with E-state index >= 15 is 0 Å². The van der Waals surface area contributed by atoms with Crippen LogP contribution in [0, 0.1) is 0 Å². The molecule has 3 aromatic rings. The maximum atomic E-state index is 12.6. The lowest BCUT2D eigenvalue weighted by atomic mass is 10.2. The van der Waals surface area contributed by atoms with E-state index in [2.05, 4.69) is 9.71 Å². The lowest BCUT2D eigenvalue weighted by molar-refractivity contribution is 0.386. The van der Waals surface area contributed by atoms with Crippen molar-refractivity contribution in [2.45, 2.75) is 11.4 Å². The molecule has 0 bridgehead atoms. The number of aromatic nitrogens is 1. The van der Waals surface area contributed by atoms with Gasteiger partial charge in [-0.05, 0) is 35.9 Å². The molecule has 0 amide bonds. The number of hydrogen-bond acceptors (Lipinski definition) is 6. The molecule has 26 heavy (non-hydrogen) atoms.